The van der Waals surface area contributed by atoms with Crippen molar-refractivity contribution in [3.8, 4) is 0 Å². The van der Waals surface area contributed by atoms with E-state index in [9.17, 15) is 9.59 Å². The summed E-state index contributed by atoms with van der Waals surface area (Å²) in [6.45, 7) is 3.78. The number of carbonyl (C=O) groups is 1. The van der Waals surface area contributed by atoms with Crippen LogP contribution in [-0.2, 0) is 22.5 Å². The zero-order valence-electron chi connectivity index (χ0n) is 17.5. The van der Waals surface area contributed by atoms with E-state index in [1.54, 1.807) is 6.07 Å². The number of aromatic nitrogens is 2. The van der Waals surface area contributed by atoms with Crippen molar-refractivity contribution in [3.05, 3.63) is 76.3 Å². The van der Waals surface area contributed by atoms with Crippen LogP contribution in [0.3, 0.4) is 0 Å². The maximum absolute atomic E-state index is 12.3. The van der Waals surface area contributed by atoms with Gasteiger partial charge in [-0.15, -0.1) is 0 Å². The molecule has 0 aliphatic carbocycles. The van der Waals surface area contributed by atoms with Gasteiger partial charge in [0.15, 0.2) is 0 Å². The molecule has 1 aliphatic rings. The SMILES string of the molecule is O=C(CCCc1nc2ccccc2c(=O)[nH]1)NCC1CN(Cc2ccccc2)CCO1. The molecule has 1 aromatic heterocycles. The van der Waals surface area contributed by atoms with Gasteiger partial charge < -0.3 is 15.0 Å². The summed E-state index contributed by atoms with van der Waals surface area (Å²) in [5.74, 6) is 0.607. The first kappa shape index (κ1) is 21.2. The molecule has 7 nitrogen and oxygen atoms in total. The highest BCUT2D eigenvalue weighted by Crippen LogP contribution is 2.11. The van der Waals surface area contributed by atoms with Crippen molar-refractivity contribution >= 4 is 16.8 Å². The predicted molar refractivity (Wildman–Crippen MR) is 120 cm³/mol. The largest absolute Gasteiger partial charge is 0.374 e. The minimum Gasteiger partial charge on any atom is -0.374 e. The average Bonchev–Trinajstić information content (AvgIpc) is 2.79. The molecule has 0 radical (unpaired) electrons. The minimum atomic E-state index is -0.139. The number of nitrogens with one attached hydrogen (secondary N) is 2. The minimum absolute atomic E-state index is 0.0000727. The van der Waals surface area contributed by atoms with Crippen molar-refractivity contribution in [1.29, 1.82) is 0 Å². The smallest absolute Gasteiger partial charge is 0.258 e. The molecule has 1 fully saturated rings. The van der Waals surface area contributed by atoms with Crippen LogP contribution in [-0.4, -0.2) is 53.1 Å². The molecule has 1 atom stereocenters. The number of carbonyl (C=O) groups excluding carboxylic acids is 1. The van der Waals surface area contributed by atoms with Gasteiger partial charge >= 0.3 is 0 Å². The lowest BCUT2D eigenvalue weighted by molar-refractivity contribution is -0.122. The Labute approximate surface area is 181 Å². The summed E-state index contributed by atoms with van der Waals surface area (Å²) in [5.41, 5.74) is 1.83. The molecule has 3 aromatic rings. The Morgan fingerprint density at radius 2 is 1.97 bits per heavy atom. The van der Waals surface area contributed by atoms with Crippen LogP contribution in [0.1, 0.15) is 24.2 Å². The van der Waals surface area contributed by atoms with Crippen molar-refractivity contribution in [2.75, 3.05) is 26.2 Å². The van der Waals surface area contributed by atoms with Crippen LogP contribution in [0.25, 0.3) is 10.9 Å². The molecule has 2 N–H and O–H groups in total. The number of morpholine rings is 1. The van der Waals surface area contributed by atoms with Crippen molar-refractivity contribution in [3.63, 3.8) is 0 Å². The molecule has 0 spiro atoms. The lowest BCUT2D eigenvalue weighted by atomic mass is 10.2. The first-order valence-corrected chi connectivity index (χ1v) is 10.8. The number of hydrogen-bond donors (Lipinski definition) is 2. The van der Waals surface area contributed by atoms with Crippen molar-refractivity contribution in [1.82, 2.24) is 20.2 Å². The van der Waals surface area contributed by atoms with Crippen LogP contribution in [0.15, 0.2) is 59.4 Å². The maximum Gasteiger partial charge on any atom is 0.258 e. The number of ether oxygens (including phenoxy) is 1. The summed E-state index contributed by atoms with van der Waals surface area (Å²) >= 11 is 0. The highest BCUT2D eigenvalue weighted by Gasteiger charge is 2.21. The maximum atomic E-state index is 12.3. The normalized spacial score (nSPS) is 17.0. The van der Waals surface area contributed by atoms with Gasteiger partial charge in [-0.2, -0.15) is 0 Å². The molecule has 4 rings (SSSR count). The van der Waals surface area contributed by atoms with Crippen LogP contribution in [0.2, 0.25) is 0 Å². The monoisotopic (exact) mass is 420 g/mol. The number of fused-ring (bicyclic) bond motifs is 1. The van der Waals surface area contributed by atoms with Gasteiger partial charge in [0.25, 0.3) is 5.56 Å². The Morgan fingerprint density at radius 1 is 1.16 bits per heavy atom. The van der Waals surface area contributed by atoms with E-state index < -0.39 is 0 Å². The molecule has 31 heavy (non-hydrogen) atoms. The summed E-state index contributed by atoms with van der Waals surface area (Å²) in [4.78, 5) is 34.0. The predicted octanol–water partition coefficient (Wildman–Crippen LogP) is 2.26. The number of rotatable bonds is 8. The number of nitrogens with zero attached hydrogens (tertiary/aromatic N) is 2. The highest BCUT2D eigenvalue weighted by atomic mass is 16.5. The highest BCUT2D eigenvalue weighted by molar-refractivity contribution is 5.77. The Balaban J connectivity index is 1.19. The summed E-state index contributed by atoms with van der Waals surface area (Å²) in [6.07, 6.45) is 1.56. The van der Waals surface area contributed by atoms with Crippen molar-refractivity contribution < 1.29 is 9.53 Å². The van der Waals surface area contributed by atoms with Crippen LogP contribution in [0, 0.1) is 0 Å². The average molecular weight is 421 g/mol. The Kier molecular flexibility index (Phi) is 7.07. The molecule has 2 aromatic carbocycles. The number of benzene rings is 2. The van der Waals surface area contributed by atoms with E-state index in [4.69, 9.17) is 4.74 Å². The Morgan fingerprint density at radius 3 is 2.84 bits per heavy atom. The third-order valence-corrected chi connectivity index (χ3v) is 5.48. The van der Waals surface area contributed by atoms with E-state index in [2.05, 4.69) is 44.5 Å². The molecule has 2 heterocycles. The molecule has 1 aliphatic heterocycles. The quantitative estimate of drug-likeness (QED) is 0.584. The lowest BCUT2D eigenvalue weighted by Gasteiger charge is -2.33. The van der Waals surface area contributed by atoms with Gasteiger partial charge in [-0.25, -0.2) is 4.98 Å². The summed E-state index contributed by atoms with van der Waals surface area (Å²) in [5, 5.41) is 3.56. The van der Waals surface area contributed by atoms with Crippen molar-refractivity contribution in [2.24, 2.45) is 0 Å². The van der Waals surface area contributed by atoms with Gasteiger partial charge in [-0.05, 0) is 24.1 Å². The Hall–Kier alpha value is -3.03. The van der Waals surface area contributed by atoms with Gasteiger partial charge in [0.2, 0.25) is 5.91 Å². The topological polar surface area (TPSA) is 87.3 Å². The molecule has 7 heteroatoms. The fourth-order valence-electron chi connectivity index (χ4n) is 3.87. The molecule has 162 valence electrons. The summed E-state index contributed by atoms with van der Waals surface area (Å²) in [6, 6.07) is 17.6. The van der Waals surface area contributed by atoms with Gasteiger partial charge in [-0.3, -0.25) is 14.5 Å². The van der Waals surface area contributed by atoms with Crippen LogP contribution in [0.5, 0.6) is 0 Å². The number of H-pyrrole nitrogens is 1. The first-order chi connectivity index (χ1) is 15.2. The van der Waals surface area contributed by atoms with Gasteiger partial charge in [0.05, 0.1) is 23.6 Å². The molecular weight excluding hydrogens is 392 g/mol. The standard InChI is InChI=1S/C24H28N4O3/c29-23(12-6-11-22-26-21-10-5-4-9-20(21)24(30)27-22)25-15-19-17-28(13-14-31-19)16-18-7-2-1-3-8-18/h1-5,7-10,19H,6,11-17H2,(H,25,29)(H,26,27,30). The number of aromatic amines is 1. The number of para-hydroxylation sites is 1. The van der Waals surface area contributed by atoms with E-state index in [1.165, 1.54) is 5.56 Å². The molecule has 1 saturated heterocycles. The van der Waals surface area contributed by atoms with Crippen LogP contribution in [0.4, 0.5) is 0 Å². The third kappa shape index (κ3) is 5.99. The number of amides is 1. The van der Waals surface area contributed by atoms with E-state index in [0.29, 0.717) is 49.1 Å². The molecule has 1 amide bonds. The van der Waals surface area contributed by atoms with E-state index in [-0.39, 0.29) is 17.6 Å². The summed E-state index contributed by atoms with van der Waals surface area (Å²) < 4.78 is 5.82. The second-order valence-corrected chi connectivity index (χ2v) is 7.90. The zero-order chi connectivity index (χ0) is 21.5. The van der Waals surface area contributed by atoms with E-state index >= 15 is 0 Å². The summed E-state index contributed by atoms with van der Waals surface area (Å²) in [7, 11) is 0. The van der Waals surface area contributed by atoms with Gasteiger partial charge in [0, 0.05) is 39.0 Å². The second-order valence-electron chi connectivity index (χ2n) is 7.90. The third-order valence-electron chi connectivity index (χ3n) is 5.48. The first-order valence-electron chi connectivity index (χ1n) is 10.8. The van der Waals surface area contributed by atoms with Crippen molar-refractivity contribution in [2.45, 2.75) is 31.9 Å². The fourth-order valence-corrected chi connectivity index (χ4v) is 3.87. The lowest BCUT2D eigenvalue weighted by Crippen LogP contribution is -2.47. The van der Waals surface area contributed by atoms with Crippen LogP contribution >= 0.6 is 0 Å². The zero-order valence-corrected chi connectivity index (χ0v) is 17.5. The molecule has 1 unspecified atom stereocenters. The second kappa shape index (κ2) is 10.3. The van der Waals surface area contributed by atoms with E-state index in [1.807, 2.05) is 24.3 Å². The molecule has 0 saturated carbocycles. The number of aryl methyl sites for hydroxylation is 1. The van der Waals surface area contributed by atoms with Gasteiger partial charge in [-0.1, -0.05) is 42.5 Å². The van der Waals surface area contributed by atoms with E-state index in [0.717, 1.165) is 19.6 Å². The van der Waals surface area contributed by atoms with Crippen LogP contribution < -0.4 is 10.9 Å². The molecular formula is C24H28N4O3. The Bertz CT molecular complexity index is 1070. The van der Waals surface area contributed by atoms with Gasteiger partial charge in [0.1, 0.15) is 5.82 Å². The fraction of sp³-hybridized carbons (Fsp3) is 0.375. The number of hydrogen-bond acceptors (Lipinski definition) is 5. The molecule has 0 bridgehead atoms.